The Morgan fingerprint density at radius 2 is 1.83 bits per heavy atom. The molecule has 29 heavy (non-hydrogen) atoms. The van der Waals surface area contributed by atoms with Gasteiger partial charge < -0.3 is 19.7 Å². The molecule has 150 valence electrons. The number of aliphatic carboxylic acids is 1. The maximum Gasteiger partial charge on any atom is 0.303 e. The van der Waals surface area contributed by atoms with Gasteiger partial charge in [-0.05, 0) is 36.1 Å². The minimum absolute atomic E-state index is 0.159. The highest BCUT2D eigenvalue weighted by Crippen LogP contribution is 2.29. The minimum atomic E-state index is -0.786. The number of benzene rings is 2. The van der Waals surface area contributed by atoms with Gasteiger partial charge in [0.2, 0.25) is 0 Å². The van der Waals surface area contributed by atoms with Crippen molar-refractivity contribution in [2.45, 2.75) is 25.8 Å². The number of hydrogen-bond donors (Lipinski definition) is 2. The molecule has 0 aliphatic rings. The number of carboxylic acids is 1. The Kier molecular flexibility index (Phi) is 6.63. The first-order chi connectivity index (χ1) is 14.1. The van der Waals surface area contributed by atoms with E-state index in [1.54, 1.807) is 13.2 Å². The number of para-hydroxylation sites is 1. The van der Waals surface area contributed by atoms with Crippen LogP contribution in [-0.2, 0) is 17.8 Å². The smallest absolute Gasteiger partial charge is 0.303 e. The van der Waals surface area contributed by atoms with Crippen molar-refractivity contribution >= 4 is 11.9 Å². The van der Waals surface area contributed by atoms with E-state index in [4.69, 9.17) is 14.4 Å². The Morgan fingerprint density at radius 3 is 2.55 bits per heavy atom. The first-order valence-electron chi connectivity index (χ1n) is 9.24. The largest absolute Gasteiger partial charge is 0.496 e. The topological polar surface area (TPSA) is 102 Å². The second-order valence-electron chi connectivity index (χ2n) is 6.52. The number of aromatic nitrogens is 1. The number of carbonyl (C=O) groups is 2. The Labute approximate surface area is 168 Å². The molecule has 2 N–H and O–H groups in total. The number of ether oxygens (including phenoxy) is 1. The fourth-order valence-corrected chi connectivity index (χ4v) is 2.90. The third-order valence-corrected chi connectivity index (χ3v) is 4.45. The van der Waals surface area contributed by atoms with Crippen molar-refractivity contribution in [2.75, 3.05) is 7.11 Å². The molecule has 0 atom stereocenters. The number of carboxylic acid groups (broad SMARTS) is 1. The third kappa shape index (κ3) is 5.44. The number of rotatable bonds is 9. The zero-order chi connectivity index (χ0) is 20.6. The van der Waals surface area contributed by atoms with Gasteiger partial charge in [-0.25, -0.2) is 0 Å². The quantitative estimate of drug-likeness (QED) is 0.574. The third-order valence-electron chi connectivity index (χ3n) is 4.45. The summed E-state index contributed by atoms with van der Waals surface area (Å²) in [5.74, 6) is -0.0242. The van der Waals surface area contributed by atoms with Gasteiger partial charge in [0.15, 0.2) is 11.5 Å². The van der Waals surface area contributed by atoms with Gasteiger partial charge in [-0.3, -0.25) is 9.59 Å². The number of carbonyl (C=O) groups excluding carboxylic acids is 1. The van der Waals surface area contributed by atoms with E-state index in [0.717, 1.165) is 16.7 Å². The highest BCUT2D eigenvalue weighted by Gasteiger charge is 2.16. The molecule has 1 amide bonds. The summed E-state index contributed by atoms with van der Waals surface area (Å²) < 4.78 is 10.6. The van der Waals surface area contributed by atoms with Crippen LogP contribution in [0.5, 0.6) is 5.75 Å². The number of amides is 1. The van der Waals surface area contributed by atoms with Crippen LogP contribution in [0.2, 0.25) is 0 Å². The molecule has 3 rings (SSSR count). The zero-order valence-corrected chi connectivity index (χ0v) is 16.1. The van der Waals surface area contributed by atoms with Crippen molar-refractivity contribution < 1.29 is 24.0 Å². The predicted molar refractivity (Wildman–Crippen MR) is 107 cm³/mol. The Hall–Kier alpha value is -3.61. The Bertz CT molecular complexity index is 979. The van der Waals surface area contributed by atoms with E-state index < -0.39 is 5.97 Å². The lowest BCUT2D eigenvalue weighted by atomic mass is 10.1. The fraction of sp³-hybridized carbons (Fsp3) is 0.227. The summed E-state index contributed by atoms with van der Waals surface area (Å²) in [5, 5.41) is 15.4. The van der Waals surface area contributed by atoms with Crippen molar-refractivity contribution in [3.05, 3.63) is 71.4 Å². The van der Waals surface area contributed by atoms with Crippen molar-refractivity contribution in [3.63, 3.8) is 0 Å². The molecule has 0 radical (unpaired) electrons. The van der Waals surface area contributed by atoms with Gasteiger partial charge in [-0.2, -0.15) is 0 Å². The van der Waals surface area contributed by atoms with Gasteiger partial charge in [0, 0.05) is 19.0 Å². The van der Waals surface area contributed by atoms with Gasteiger partial charge in [0.1, 0.15) is 5.75 Å². The van der Waals surface area contributed by atoms with E-state index >= 15 is 0 Å². The Morgan fingerprint density at radius 1 is 1.10 bits per heavy atom. The average molecular weight is 394 g/mol. The van der Waals surface area contributed by atoms with Crippen LogP contribution in [0.15, 0.2) is 59.1 Å². The monoisotopic (exact) mass is 394 g/mol. The first kappa shape index (κ1) is 20.1. The van der Waals surface area contributed by atoms with Crippen LogP contribution in [0, 0.1) is 0 Å². The summed E-state index contributed by atoms with van der Waals surface area (Å²) in [5.41, 5.74) is 2.92. The number of nitrogens with zero attached hydrogens (tertiary/aromatic N) is 1. The number of aryl methyl sites for hydroxylation is 1. The second-order valence-corrected chi connectivity index (χ2v) is 6.52. The van der Waals surface area contributed by atoms with Crippen molar-refractivity contribution in [1.82, 2.24) is 10.5 Å². The Balaban J connectivity index is 1.56. The van der Waals surface area contributed by atoms with Gasteiger partial charge in [0.05, 0.1) is 12.7 Å². The normalized spacial score (nSPS) is 10.5. The maximum atomic E-state index is 12.4. The molecule has 0 aliphatic carbocycles. The summed E-state index contributed by atoms with van der Waals surface area (Å²) in [7, 11) is 1.57. The number of hydrogen-bond acceptors (Lipinski definition) is 5. The van der Waals surface area contributed by atoms with E-state index in [-0.39, 0.29) is 18.0 Å². The van der Waals surface area contributed by atoms with Gasteiger partial charge in [-0.15, -0.1) is 0 Å². The lowest BCUT2D eigenvalue weighted by Gasteiger charge is -2.05. The van der Waals surface area contributed by atoms with E-state index in [2.05, 4.69) is 10.5 Å². The molecular formula is C22H22N2O5. The average Bonchev–Trinajstić information content (AvgIpc) is 3.23. The van der Waals surface area contributed by atoms with Crippen LogP contribution in [0.25, 0.3) is 11.3 Å². The first-order valence-corrected chi connectivity index (χ1v) is 9.24. The van der Waals surface area contributed by atoms with E-state index in [9.17, 15) is 9.59 Å². The fourth-order valence-electron chi connectivity index (χ4n) is 2.90. The highest BCUT2D eigenvalue weighted by atomic mass is 16.5. The summed E-state index contributed by atoms with van der Waals surface area (Å²) >= 11 is 0. The molecule has 0 spiro atoms. The molecule has 0 unspecified atom stereocenters. The van der Waals surface area contributed by atoms with Gasteiger partial charge in [0.25, 0.3) is 5.91 Å². The molecule has 1 aromatic heterocycles. The molecule has 3 aromatic rings. The van der Waals surface area contributed by atoms with Crippen molar-refractivity contribution in [1.29, 1.82) is 0 Å². The molecule has 0 bridgehead atoms. The number of methoxy groups -OCH3 is 1. The lowest BCUT2D eigenvalue weighted by Crippen LogP contribution is -2.23. The molecule has 0 aliphatic heterocycles. The zero-order valence-electron chi connectivity index (χ0n) is 16.1. The lowest BCUT2D eigenvalue weighted by molar-refractivity contribution is -0.137. The molecule has 7 nitrogen and oxygen atoms in total. The second kappa shape index (κ2) is 9.54. The highest BCUT2D eigenvalue weighted by molar-refractivity contribution is 5.93. The number of nitrogens with one attached hydrogen (secondary N) is 1. The van der Waals surface area contributed by atoms with Crippen LogP contribution in [0.4, 0.5) is 0 Å². The summed E-state index contributed by atoms with van der Waals surface area (Å²) in [6, 6.07) is 16.6. The molecule has 1 heterocycles. The molecule has 2 aromatic carbocycles. The summed E-state index contributed by atoms with van der Waals surface area (Å²) in [6.07, 6.45) is 1.47. The molecule has 0 saturated carbocycles. The molecule has 0 fully saturated rings. The van der Waals surface area contributed by atoms with E-state index in [0.29, 0.717) is 30.9 Å². The van der Waals surface area contributed by atoms with E-state index in [1.165, 1.54) is 0 Å². The predicted octanol–water partition coefficient (Wildman–Crippen LogP) is 3.69. The van der Waals surface area contributed by atoms with E-state index in [1.807, 2.05) is 48.5 Å². The van der Waals surface area contributed by atoms with Crippen LogP contribution in [0.3, 0.4) is 0 Å². The SMILES string of the molecule is COc1ccccc1-c1cc(C(=O)NCc2ccc(CCCC(=O)O)cc2)no1. The molecular weight excluding hydrogens is 372 g/mol. The van der Waals surface area contributed by atoms with Crippen molar-refractivity contribution in [2.24, 2.45) is 0 Å². The summed E-state index contributed by atoms with van der Waals surface area (Å²) in [6.45, 7) is 0.352. The standard InChI is InChI=1S/C22H22N2O5/c1-28-19-7-3-2-6-17(19)20-13-18(24-29-20)22(27)23-14-16-11-9-15(10-12-16)5-4-8-21(25)26/h2-3,6-7,9-13H,4-5,8,14H2,1H3,(H,23,27)(H,25,26). The molecule has 0 saturated heterocycles. The molecule has 7 heteroatoms. The van der Waals surface area contributed by atoms with Crippen LogP contribution in [-0.4, -0.2) is 29.2 Å². The van der Waals surface area contributed by atoms with Gasteiger partial charge >= 0.3 is 5.97 Å². The summed E-state index contributed by atoms with van der Waals surface area (Å²) in [4.78, 5) is 22.9. The maximum absolute atomic E-state index is 12.4. The van der Waals surface area contributed by atoms with Gasteiger partial charge in [-0.1, -0.05) is 41.6 Å². The van der Waals surface area contributed by atoms with Crippen LogP contribution < -0.4 is 10.1 Å². The minimum Gasteiger partial charge on any atom is -0.496 e. The van der Waals surface area contributed by atoms with Crippen molar-refractivity contribution in [3.8, 4) is 17.1 Å². The van der Waals surface area contributed by atoms with Crippen LogP contribution >= 0.6 is 0 Å². The van der Waals surface area contributed by atoms with Crippen LogP contribution in [0.1, 0.15) is 34.5 Å².